The highest BCUT2D eigenvalue weighted by Gasteiger charge is 2.01. The molecule has 22 heavy (non-hydrogen) atoms. The van der Waals surface area contributed by atoms with Gasteiger partial charge < -0.3 is 5.73 Å². The van der Waals surface area contributed by atoms with E-state index in [2.05, 4.69) is 22.3 Å². The SMILES string of the molecule is Cc1cc(C=NN=C(N)SCc2ccccc2)c(C)cc1Cl. The fourth-order valence-electron chi connectivity index (χ4n) is 1.85. The van der Waals surface area contributed by atoms with E-state index in [1.165, 1.54) is 17.3 Å². The molecule has 0 aromatic heterocycles. The van der Waals surface area contributed by atoms with Crippen molar-refractivity contribution in [2.75, 3.05) is 0 Å². The van der Waals surface area contributed by atoms with E-state index in [9.17, 15) is 0 Å². The molecule has 2 N–H and O–H groups in total. The zero-order chi connectivity index (χ0) is 15.9. The molecule has 0 heterocycles. The zero-order valence-corrected chi connectivity index (χ0v) is 14.2. The topological polar surface area (TPSA) is 50.7 Å². The maximum Gasteiger partial charge on any atom is 0.180 e. The summed E-state index contributed by atoms with van der Waals surface area (Å²) in [5.74, 6) is 0.783. The van der Waals surface area contributed by atoms with Gasteiger partial charge >= 0.3 is 0 Å². The molecule has 0 aliphatic rings. The summed E-state index contributed by atoms with van der Waals surface area (Å²) in [5.41, 5.74) is 10.1. The summed E-state index contributed by atoms with van der Waals surface area (Å²) >= 11 is 7.54. The Labute approximate surface area is 140 Å². The van der Waals surface area contributed by atoms with Gasteiger partial charge in [-0.2, -0.15) is 5.10 Å². The lowest BCUT2D eigenvalue weighted by molar-refractivity contribution is 1.24. The van der Waals surface area contributed by atoms with Gasteiger partial charge in [-0.25, -0.2) is 0 Å². The molecule has 0 amide bonds. The van der Waals surface area contributed by atoms with Crippen LogP contribution in [-0.2, 0) is 5.75 Å². The Morgan fingerprint density at radius 3 is 2.64 bits per heavy atom. The number of benzene rings is 2. The smallest absolute Gasteiger partial charge is 0.180 e. The summed E-state index contributed by atoms with van der Waals surface area (Å²) < 4.78 is 0. The van der Waals surface area contributed by atoms with Crippen LogP contribution in [0.3, 0.4) is 0 Å². The number of nitrogens with zero attached hydrogens (tertiary/aromatic N) is 2. The van der Waals surface area contributed by atoms with Crippen molar-refractivity contribution in [1.82, 2.24) is 0 Å². The molecule has 5 heteroatoms. The van der Waals surface area contributed by atoms with E-state index in [0.717, 1.165) is 27.5 Å². The summed E-state index contributed by atoms with van der Waals surface area (Å²) in [5, 5.41) is 9.29. The fraction of sp³-hybridized carbons (Fsp3) is 0.176. The molecule has 2 aromatic carbocycles. The van der Waals surface area contributed by atoms with Crippen LogP contribution in [0.4, 0.5) is 0 Å². The number of nitrogens with two attached hydrogens (primary N) is 1. The van der Waals surface area contributed by atoms with E-state index >= 15 is 0 Å². The molecule has 0 saturated carbocycles. The lowest BCUT2D eigenvalue weighted by atomic mass is 10.1. The zero-order valence-electron chi connectivity index (χ0n) is 12.6. The highest BCUT2D eigenvalue weighted by molar-refractivity contribution is 8.13. The Balaban J connectivity index is 1.97. The van der Waals surface area contributed by atoms with E-state index in [1.54, 1.807) is 6.21 Å². The third-order valence-electron chi connectivity index (χ3n) is 3.13. The second-order valence-corrected chi connectivity index (χ2v) is 6.32. The van der Waals surface area contributed by atoms with Crippen LogP contribution >= 0.6 is 23.4 Å². The monoisotopic (exact) mass is 331 g/mol. The van der Waals surface area contributed by atoms with E-state index in [1.807, 2.05) is 44.2 Å². The Hall–Kier alpha value is -1.78. The maximum absolute atomic E-state index is 6.07. The lowest BCUT2D eigenvalue weighted by Crippen LogP contribution is -2.06. The van der Waals surface area contributed by atoms with Gasteiger partial charge in [-0.15, -0.1) is 5.10 Å². The van der Waals surface area contributed by atoms with Gasteiger partial charge in [0.05, 0.1) is 6.21 Å². The maximum atomic E-state index is 6.07. The van der Waals surface area contributed by atoms with Gasteiger partial charge in [-0.1, -0.05) is 53.7 Å². The van der Waals surface area contributed by atoms with Gasteiger partial charge in [-0.05, 0) is 48.2 Å². The Morgan fingerprint density at radius 1 is 1.18 bits per heavy atom. The van der Waals surface area contributed by atoms with Gasteiger partial charge in [0.25, 0.3) is 0 Å². The summed E-state index contributed by atoms with van der Waals surface area (Å²) in [6, 6.07) is 14.0. The van der Waals surface area contributed by atoms with Crippen molar-refractivity contribution in [3.05, 3.63) is 69.7 Å². The van der Waals surface area contributed by atoms with Gasteiger partial charge in [0.15, 0.2) is 5.17 Å². The van der Waals surface area contributed by atoms with Gasteiger partial charge in [0, 0.05) is 10.8 Å². The molecular formula is C17H18ClN3S. The summed E-state index contributed by atoms with van der Waals surface area (Å²) in [6.07, 6.45) is 1.70. The highest BCUT2D eigenvalue weighted by atomic mass is 35.5. The standard InChI is InChI=1S/C17H18ClN3S/c1-12-9-16(18)13(2)8-15(12)10-20-21-17(19)22-11-14-6-4-3-5-7-14/h3-10H,11H2,1-2H3,(H2,19,21). The van der Waals surface area contributed by atoms with Crippen LogP contribution in [0, 0.1) is 13.8 Å². The molecule has 0 spiro atoms. The summed E-state index contributed by atoms with van der Waals surface area (Å²) in [4.78, 5) is 0. The quantitative estimate of drug-likeness (QED) is 0.508. The van der Waals surface area contributed by atoms with Crippen LogP contribution in [0.15, 0.2) is 52.7 Å². The van der Waals surface area contributed by atoms with Crippen LogP contribution in [0.5, 0.6) is 0 Å². The third kappa shape index (κ3) is 4.90. The van der Waals surface area contributed by atoms with E-state index < -0.39 is 0 Å². The molecule has 0 radical (unpaired) electrons. The Morgan fingerprint density at radius 2 is 1.91 bits per heavy atom. The number of aryl methyl sites for hydroxylation is 2. The van der Waals surface area contributed by atoms with E-state index in [0.29, 0.717) is 5.17 Å². The highest BCUT2D eigenvalue weighted by Crippen LogP contribution is 2.19. The second-order valence-electron chi connectivity index (χ2n) is 4.92. The Bertz CT molecular complexity index is 697. The Kier molecular flexibility index (Phi) is 6.04. The number of rotatable bonds is 4. The van der Waals surface area contributed by atoms with Crippen molar-refractivity contribution in [3.63, 3.8) is 0 Å². The van der Waals surface area contributed by atoms with Gasteiger partial charge in [-0.3, -0.25) is 0 Å². The predicted octanol–water partition coefficient (Wildman–Crippen LogP) is 4.54. The first-order valence-electron chi connectivity index (χ1n) is 6.86. The number of hydrogen-bond donors (Lipinski definition) is 1. The minimum Gasteiger partial charge on any atom is -0.377 e. The number of amidine groups is 1. The molecule has 3 nitrogen and oxygen atoms in total. The first kappa shape index (κ1) is 16.6. The third-order valence-corrected chi connectivity index (χ3v) is 4.39. The van der Waals surface area contributed by atoms with Crippen molar-refractivity contribution >= 4 is 34.7 Å². The van der Waals surface area contributed by atoms with Crippen molar-refractivity contribution < 1.29 is 0 Å². The summed E-state index contributed by atoms with van der Waals surface area (Å²) in [7, 11) is 0. The molecule has 2 aromatic rings. The van der Waals surface area contributed by atoms with Crippen molar-refractivity contribution in [2.45, 2.75) is 19.6 Å². The number of thioether (sulfide) groups is 1. The average Bonchev–Trinajstić information content (AvgIpc) is 2.51. The second kappa shape index (κ2) is 8.01. The molecule has 0 aliphatic heterocycles. The molecule has 0 atom stereocenters. The van der Waals surface area contributed by atoms with Crippen LogP contribution in [0.1, 0.15) is 22.3 Å². The largest absolute Gasteiger partial charge is 0.377 e. The van der Waals surface area contributed by atoms with Crippen LogP contribution in [-0.4, -0.2) is 11.4 Å². The molecule has 114 valence electrons. The van der Waals surface area contributed by atoms with E-state index in [-0.39, 0.29) is 0 Å². The summed E-state index contributed by atoms with van der Waals surface area (Å²) in [6.45, 7) is 3.95. The van der Waals surface area contributed by atoms with E-state index in [4.69, 9.17) is 17.3 Å². The minimum absolute atomic E-state index is 0.448. The number of hydrogen-bond acceptors (Lipinski definition) is 3. The van der Waals surface area contributed by atoms with Crippen molar-refractivity contribution in [1.29, 1.82) is 0 Å². The van der Waals surface area contributed by atoms with Crippen LogP contribution < -0.4 is 5.73 Å². The molecule has 2 rings (SSSR count). The lowest BCUT2D eigenvalue weighted by Gasteiger charge is -2.03. The van der Waals surface area contributed by atoms with Gasteiger partial charge in [0.2, 0.25) is 0 Å². The molecule has 0 aliphatic carbocycles. The van der Waals surface area contributed by atoms with Crippen LogP contribution in [0.25, 0.3) is 0 Å². The van der Waals surface area contributed by atoms with Crippen LogP contribution in [0.2, 0.25) is 5.02 Å². The normalized spacial score (nSPS) is 12.0. The molecule has 0 unspecified atom stereocenters. The molecular weight excluding hydrogens is 314 g/mol. The fourth-order valence-corrected chi connectivity index (χ4v) is 2.68. The van der Waals surface area contributed by atoms with Crippen molar-refractivity contribution in [2.24, 2.45) is 15.9 Å². The average molecular weight is 332 g/mol. The van der Waals surface area contributed by atoms with Crippen molar-refractivity contribution in [3.8, 4) is 0 Å². The predicted molar refractivity (Wildman–Crippen MR) is 97.9 cm³/mol. The molecule has 0 fully saturated rings. The molecule has 0 saturated heterocycles. The van der Waals surface area contributed by atoms with Gasteiger partial charge in [0.1, 0.15) is 0 Å². The number of halogens is 1. The first-order chi connectivity index (χ1) is 10.6. The molecule has 0 bridgehead atoms. The first-order valence-corrected chi connectivity index (χ1v) is 8.22. The minimum atomic E-state index is 0.448.